The Bertz CT molecular complexity index is 418. The first-order valence-electron chi connectivity index (χ1n) is 6.02. The summed E-state index contributed by atoms with van der Waals surface area (Å²) in [4.78, 5) is 0. The molecule has 0 saturated heterocycles. The van der Waals surface area contributed by atoms with E-state index in [2.05, 4.69) is 31.2 Å². The van der Waals surface area contributed by atoms with Crippen molar-refractivity contribution in [3.63, 3.8) is 0 Å². The van der Waals surface area contributed by atoms with Crippen LogP contribution in [0.4, 0.5) is 0 Å². The summed E-state index contributed by atoms with van der Waals surface area (Å²) in [5, 5.41) is 8.87. The number of benzene rings is 1. The zero-order valence-electron chi connectivity index (χ0n) is 10.1. The zero-order valence-corrected chi connectivity index (χ0v) is 10.1. The fourth-order valence-electron chi connectivity index (χ4n) is 2.08. The standard InChI is InChI=1S/C15H18O2/c1-12-6-5-9-14(15(12)17-11-10-16)13-7-3-2-4-8-13/h2-5,7-9,12,16H,6,10-11H2,1H3. The van der Waals surface area contributed by atoms with Crippen molar-refractivity contribution in [1.29, 1.82) is 0 Å². The molecule has 90 valence electrons. The zero-order chi connectivity index (χ0) is 12.1. The Labute approximate surface area is 102 Å². The van der Waals surface area contributed by atoms with Gasteiger partial charge in [0.25, 0.3) is 0 Å². The Morgan fingerprint density at radius 2 is 2.06 bits per heavy atom. The summed E-state index contributed by atoms with van der Waals surface area (Å²) in [5.41, 5.74) is 2.31. The van der Waals surface area contributed by atoms with Crippen LogP contribution < -0.4 is 0 Å². The van der Waals surface area contributed by atoms with Gasteiger partial charge in [0, 0.05) is 11.5 Å². The van der Waals surface area contributed by atoms with Crippen LogP contribution in [0.25, 0.3) is 5.57 Å². The first-order chi connectivity index (χ1) is 8.33. The molecule has 1 atom stereocenters. The summed E-state index contributed by atoms with van der Waals surface area (Å²) in [6.07, 6.45) is 5.29. The van der Waals surface area contributed by atoms with E-state index in [1.807, 2.05) is 18.2 Å². The molecule has 0 saturated carbocycles. The predicted octanol–water partition coefficient (Wildman–Crippen LogP) is 3.00. The van der Waals surface area contributed by atoms with Crippen molar-refractivity contribution in [3.8, 4) is 0 Å². The van der Waals surface area contributed by atoms with E-state index in [9.17, 15) is 0 Å². The lowest BCUT2D eigenvalue weighted by atomic mass is 9.91. The summed E-state index contributed by atoms with van der Waals surface area (Å²) < 4.78 is 5.69. The third kappa shape index (κ3) is 2.77. The molecule has 0 amide bonds. The van der Waals surface area contributed by atoms with E-state index in [1.54, 1.807) is 0 Å². The van der Waals surface area contributed by atoms with Gasteiger partial charge in [0.1, 0.15) is 12.4 Å². The Balaban J connectivity index is 2.34. The van der Waals surface area contributed by atoms with Gasteiger partial charge in [-0.25, -0.2) is 0 Å². The second kappa shape index (κ2) is 5.69. The minimum atomic E-state index is 0.0575. The maximum atomic E-state index is 8.87. The molecule has 0 bridgehead atoms. The number of hydrogen-bond donors (Lipinski definition) is 1. The molecule has 2 nitrogen and oxygen atoms in total. The van der Waals surface area contributed by atoms with E-state index in [1.165, 1.54) is 5.56 Å². The smallest absolute Gasteiger partial charge is 0.111 e. The number of aliphatic hydroxyl groups excluding tert-OH is 1. The Morgan fingerprint density at radius 1 is 1.29 bits per heavy atom. The third-order valence-electron chi connectivity index (χ3n) is 2.92. The predicted molar refractivity (Wildman–Crippen MR) is 69.3 cm³/mol. The van der Waals surface area contributed by atoms with Gasteiger partial charge >= 0.3 is 0 Å². The molecular formula is C15H18O2. The van der Waals surface area contributed by atoms with E-state index in [0.717, 1.165) is 17.8 Å². The summed E-state index contributed by atoms with van der Waals surface area (Å²) in [6, 6.07) is 10.2. The van der Waals surface area contributed by atoms with E-state index in [4.69, 9.17) is 9.84 Å². The Morgan fingerprint density at radius 3 is 2.76 bits per heavy atom. The molecule has 0 heterocycles. The maximum Gasteiger partial charge on any atom is 0.111 e. The van der Waals surface area contributed by atoms with Crippen LogP contribution >= 0.6 is 0 Å². The van der Waals surface area contributed by atoms with E-state index >= 15 is 0 Å². The lowest BCUT2D eigenvalue weighted by molar-refractivity contribution is 0.128. The van der Waals surface area contributed by atoms with Crippen molar-refractivity contribution >= 4 is 5.57 Å². The second-order valence-electron chi connectivity index (χ2n) is 4.26. The molecule has 17 heavy (non-hydrogen) atoms. The van der Waals surface area contributed by atoms with Gasteiger partial charge in [-0.05, 0) is 12.0 Å². The lowest BCUT2D eigenvalue weighted by Crippen LogP contribution is -2.11. The van der Waals surface area contributed by atoms with Crippen LogP contribution in [0.3, 0.4) is 0 Å². The minimum absolute atomic E-state index is 0.0575. The second-order valence-corrected chi connectivity index (χ2v) is 4.26. The van der Waals surface area contributed by atoms with Crippen molar-refractivity contribution < 1.29 is 9.84 Å². The minimum Gasteiger partial charge on any atom is -0.495 e. The third-order valence-corrected chi connectivity index (χ3v) is 2.92. The van der Waals surface area contributed by atoms with Crippen molar-refractivity contribution in [2.75, 3.05) is 13.2 Å². The molecule has 0 radical (unpaired) electrons. The molecule has 0 aliphatic heterocycles. The topological polar surface area (TPSA) is 29.5 Å². The first kappa shape index (κ1) is 11.9. The van der Waals surface area contributed by atoms with Gasteiger partial charge in [0.05, 0.1) is 6.61 Å². The molecule has 1 N–H and O–H groups in total. The first-order valence-corrected chi connectivity index (χ1v) is 6.02. The maximum absolute atomic E-state index is 8.87. The molecule has 2 heteroatoms. The Hall–Kier alpha value is -1.54. The van der Waals surface area contributed by atoms with Gasteiger partial charge < -0.3 is 9.84 Å². The van der Waals surface area contributed by atoms with Gasteiger partial charge in [0.15, 0.2) is 0 Å². The molecule has 0 spiro atoms. The van der Waals surface area contributed by atoms with Crippen molar-refractivity contribution in [2.45, 2.75) is 13.3 Å². The average Bonchev–Trinajstić information content (AvgIpc) is 2.38. The molecule has 0 aromatic heterocycles. The quantitative estimate of drug-likeness (QED) is 0.861. The van der Waals surface area contributed by atoms with Gasteiger partial charge in [-0.3, -0.25) is 0 Å². The lowest BCUT2D eigenvalue weighted by Gasteiger charge is -2.22. The average molecular weight is 230 g/mol. The van der Waals surface area contributed by atoms with Crippen LogP contribution in [-0.4, -0.2) is 18.3 Å². The van der Waals surface area contributed by atoms with Gasteiger partial charge in [-0.15, -0.1) is 0 Å². The number of allylic oxidation sites excluding steroid dienone is 4. The SMILES string of the molecule is CC1CC=CC(c2ccccc2)=C1OCCO. The van der Waals surface area contributed by atoms with Gasteiger partial charge in [-0.2, -0.15) is 0 Å². The van der Waals surface area contributed by atoms with Crippen molar-refractivity contribution in [2.24, 2.45) is 5.92 Å². The van der Waals surface area contributed by atoms with E-state index in [0.29, 0.717) is 12.5 Å². The molecule has 1 aromatic rings. The molecular weight excluding hydrogens is 212 g/mol. The van der Waals surface area contributed by atoms with Crippen LogP contribution in [0.1, 0.15) is 18.9 Å². The largest absolute Gasteiger partial charge is 0.495 e. The monoisotopic (exact) mass is 230 g/mol. The van der Waals surface area contributed by atoms with Gasteiger partial charge in [-0.1, -0.05) is 49.4 Å². The normalized spacial score (nSPS) is 19.5. The van der Waals surface area contributed by atoms with Crippen molar-refractivity contribution in [3.05, 3.63) is 53.8 Å². The van der Waals surface area contributed by atoms with Crippen LogP contribution in [0.2, 0.25) is 0 Å². The number of hydrogen-bond acceptors (Lipinski definition) is 2. The molecule has 1 aromatic carbocycles. The highest BCUT2D eigenvalue weighted by Gasteiger charge is 2.18. The summed E-state index contributed by atoms with van der Waals surface area (Å²) >= 11 is 0. The van der Waals surface area contributed by atoms with Crippen LogP contribution in [0.15, 0.2) is 48.2 Å². The number of rotatable bonds is 4. The van der Waals surface area contributed by atoms with Crippen LogP contribution in [0.5, 0.6) is 0 Å². The molecule has 2 rings (SSSR count). The van der Waals surface area contributed by atoms with E-state index in [-0.39, 0.29) is 6.61 Å². The molecule has 0 fully saturated rings. The van der Waals surface area contributed by atoms with Gasteiger partial charge in [0.2, 0.25) is 0 Å². The molecule has 1 aliphatic rings. The van der Waals surface area contributed by atoms with E-state index < -0.39 is 0 Å². The fraction of sp³-hybridized carbons (Fsp3) is 0.333. The Kier molecular flexibility index (Phi) is 3.99. The number of aliphatic hydroxyl groups is 1. The number of ether oxygens (including phenoxy) is 1. The van der Waals surface area contributed by atoms with Crippen LogP contribution in [-0.2, 0) is 4.74 Å². The molecule has 1 aliphatic carbocycles. The fourth-order valence-corrected chi connectivity index (χ4v) is 2.08. The highest BCUT2D eigenvalue weighted by atomic mass is 16.5. The highest BCUT2D eigenvalue weighted by Crippen LogP contribution is 2.31. The summed E-state index contributed by atoms with van der Waals surface area (Å²) in [7, 11) is 0. The van der Waals surface area contributed by atoms with Crippen LogP contribution in [0, 0.1) is 5.92 Å². The summed E-state index contributed by atoms with van der Waals surface area (Å²) in [6.45, 7) is 2.57. The summed E-state index contributed by atoms with van der Waals surface area (Å²) in [5.74, 6) is 1.37. The van der Waals surface area contributed by atoms with Crippen molar-refractivity contribution in [1.82, 2.24) is 0 Å². The molecule has 1 unspecified atom stereocenters. The highest BCUT2D eigenvalue weighted by molar-refractivity contribution is 5.76.